The second-order valence-corrected chi connectivity index (χ2v) is 7.60. The Morgan fingerprint density at radius 1 is 1.29 bits per heavy atom. The molecule has 0 radical (unpaired) electrons. The maximum Gasteiger partial charge on any atom is 0.223 e. The molecule has 3 heterocycles. The van der Waals surface area contributed by atoms with Crippen LogP contribution in [0.4, 0.5) is 5.82 Å². The van der Waals surface area contributed by atoms with Crippen LogP contribution in [0.25, 0.3) is 10.6 Å². The smallest absolute Gasteiger partial charge is 0.223 e. The Morgan fingerprint density at radius 2 is 2.08 bits per heavy atom. The number of hydrogen-bond donors (Lipinski definition) is 1. The zero-order chi connectivity index (χ0) is 16.9. The maximum absolute atomic E-state index is 12.2. The first-order valence-corrected chi connectivity index (χ1v) is 9.41. The van der Waals surface area contributed by atoms with Crippen LogP contribution in [0.15, 0.2) is 29.6 Å². The lowest BCUT2D eigenvalue weighted by atomic mass is 9.95. The first-order chi connectivity index (χ1) is 11.6. The Hall–Kier alpha value is -1.95. The van der Waals surface area contributed by atoms with E-state index in [4.69, 9.17) is 0 Å². The quantitative estimate of drug-likeness (QED) is 0.905. The number of aromatic nitrogens is 2. The van der Waals surface area contributed by atoms with Crippen molar-refractivity contribution in [1.29, 1.82) is 0 Å². The summed E-state index contributed by atoms with van der Waals surface area (Å²) in [7, 11) is 0. The Labute approximate surface area is 147 Å². The number of nitrogens with zero attached hydrogens (tertiary/aromatic N) is 3. The fourth-order valence-corrected chi connectivity index (χ4v) is 3.56. The lowest BCUT2D eigenvalue weighted by Crippen LogP contribution is -2.41. The van der Waals surface area contributed by atoms with Crippen molar-refractivity contribution in [1.82, 2.24) is 15.5 Å². The maximum atomic E-state index is 12.2. The van der Waals surface area contributed by atoms with Crippen molar-refractivity contribution in [3.63, 3.8) is 0 Å². The molecule has 1 saturated heterocycles. The molecular formula is C18H24N4OS. The Balaban J connectivity index is 1.54. The number of rotatable bonds is 5. The van der Waals surface area contributed by atoms with E-state index in [2.05, 4.69) is 40.3 Å². The Kier molecular flexibility index (Phi) is 5.45. The summed E-state index contributed by atoms with van der Waals surface area (Å²) in [6.07, 6.45) is 1.75. The van der Waals surface area contributed by atoms with E-state index in [-0.39, 0.29) is 11.8 Å². The molecule has 1 aliphatic rings. The first kappa shape index (κ1) is 16.9. The third-order valence-electron chi connectivity index (χ3n) is 4.30. The number of anilines is 1. The lowest BCUT2D eigenvalue weighted by Gasteiger charge is -2.32. The number of carbonyl (C=O) groups excluding carboxylic acids is 1. The van der Waals surface area contributed by atoms with Gasteiger partial charge in [0.1, 0.15) is 5.69 Å². The number of thiophene rings is 1. The summed E-state index contributed by atoms with van der Waals surface area (Å²) in [5, 5.41) is 13.8. The van der Waals surface area contributed by atoms with Crippen molar-refractivity contribution in [3.8, 4) is 10.6 Å². The zero-order valence-electron chi connectivity index (χ0n) is 14.2. The summed E-state index contributed by atoms with van der Waals surface area (Å²) in [6, 6.07) is 8.12. The molecule has 5 nitrogen and oxygen atoms in total. The second kappa shape index (κ2) is 7.75. The molecule has 0 aromatic carbocycles. The standard InChI is InChI=1S/C18H24N4OS/c1-13(2)12-19-18(23)14-7-9-22(10-8-14)17-6-5-15(20-21-17)16-4-3-11-24-16/h3-6,11,13-14H,7-10,12H2,1-2H3,(H,19,23). The third kappa shape index (κ3) is 4.12. The van der Waals surface area contributed by atoms with Gasteiger partial charge in [0, 0.05) is 25.6 Å². The van der Waals surface area contributed by atoms with Crippen LogP contribution < -0.4 is 10.2 Å². The molecule has 128 valence electrons. The van der Waals surface area contributed by atoms with Gasteiger partial charge in [0.25, 0.3) is 0 Å². The minimum absolute atomic E-state index is 0.123. The first-order valence-electron chi connectivity index (χ1n) is 8.53. The van der Waals surface area contributed by atoms with Gasteiger partial charge in [-0.1, -0.05) is 19.9 Å². The number of carbonyl (C=O) groups is 1. The molecule has 2 aromatic heterocycles. The van der Waals surface area contributed by atoms with Crippen molar-refractivity contribution in [2.45, 2.75) is 26.7 Å². The van der Waals surface area contributed by atoms with E-state index < -0.39 is 0 Å². The molecule has 2 aromatic rings. The van der Waals surface area contributed by atoms with Gasteiger partial charge in [-0.3, -0.25) is 4.79 Å². The summed E-state index contributed by atoms with van der Waals surface area (Å²) in [5.74, 6) is 1.71. The van der Waals surface area contributed by atoms with Crippen LogP contribution in [0.3, 0.4) is 0 Å². The molecule has 1 fully saturated rings. The predicted octanol–water partition coefficient (Wildman–Crippen LogP) is 3.19. The van der Waals surface area contributed by atoms with Gasteiger partial charge in [-0.2, -0.15) is 0 Å². The SMILES string of the molecule is CC(C)CNC(=O)C1CCN(c2ccc(-c3cccs3)nn2)CC1. The topological polar surface area (TPSA) is 58.1 Å². The summed E-state index contributed by atoms with van der Waals surface area (Å²) in [5.41, 5.74) is 0.914. The number of hydrogen-bond acceptors (Lipinski definition) is 5. The van der Waals surface area contributed by atoms with Crippen molar-refractivity contribution < 1.29 is 4.79 Å². The van der Waals surface area contributed by atoms with Gasteiger partial charge in [-0.25, -0.2) is 0 Å². The largest absolute Gasteiger partial charge is 0.356 e. The molecular weight excluding hydrogens is 320 g/mol. The summed E-state index contributed by atoms with van der Waals surface area (Å²) in [6.45, 7) is 6.69. The Bertz CT molecular complexity index is 646. The van der Waals surface area contributed by atoms with Crippen LogP contribution in [0.1, 0.15) is 26.7 Å². The van der Waals surface area contributed by atoms with Crippen molar-refractivity contribution in [3.05, 3.63) is 29.6 Å². The molecule has 0 unspecified atom stereocenters. The number of piperidine rings is 1. The fraction of sp³-hybridized carbons (Fsp3) is 0.500. The molecule has 0 aliphatic carbocycles. The minimum atomic E-state index is 0.123. The highest BCUT2D eigenvalue weighted by atomic mass is 32.1. The highest BCUT2D eigenvalue weighted by Gasteiger charge is 2.25. The molecule has 24 heavy (non-hydrogen) atoms. The average molecular weight is 344 g/mol. The van der Waals surface area contributed by atoms with Crippen LogP contribution in [0.2, 0.25) is 0 Å². The van der Waals surface area contributed by atoms with E-state index in [0.717, 1.165) is 48.9 Å². The molecule has 1 N–H and O–H groups in total. The molecule has 0 saturated carbocycles. The van der Waals surface area contributed by atoms with Crippen LogP contribution in [-0.2, 0) is 4.79 Å². The molecule has 1 amide bonds. The summed E-state index contributed by atoms with van der Waals surface area (Å²) in [4.78, 5) is 15.5. The van der Waals surface area contributed by atoms with Gasteiger partial charge in [-0.15, -0.1) is 21.5 Å². The summed E-state index contributed by atoms with van der Waals surface area (Å²) < 4.78 is 0. The molecule has 0 bridgehead atoms. The van der Waals surface area contributed by atoms with Crippen LogP contribution in [0.5, 0.6) is 0 Å². The van der Waals surface area contributed by atoms with E-state index in [9.17, 15) is 4.79 Å². The highest BCUT2D eigenvalue weighted by Crippen LogP contribution is 2.25. The van der Waals surface area contributed by atoms with E-state index in [0.29, 0.717) is 5.92 Å². The van der Waals surface area contributed by atoms with Crippen molar-refractivity contribution in [2.24, 2.45) is 11.8 Å². The van der Waals surface area contributed by atoms with E-state index >= 15 is 0 Å². The molecule has 3 rings (SSSR count). The van der Waals surface area contributed by atoms with Crippen LogP contribution in [0, 0.1) is 11.8 Å². The summed E-state index contributed by atoms with van der Waals surface area (Å²) >= 11 is 1.67. The van der Waals surface area contributed by atoms with Crippen LogP contribution >= 0.6 is 11.3 Å². The van der Waals surface area contributed by atoms with E-state index in [1.165, 1.54) is 0 Å². The van der Waals surface area contributed by atoms with Crippen molar-refractivity contribution in [2.75, 3.05) is 24.5 Å². The molecule has 0 atom stereocenters. The molecule has 0 spiro atoms. The fourth-order valence-electron chi connectivity index (χ4n) is 2.87. The van der Waals surface area contributed by atoms with Gasteiger partial charge in [0.05, 0.1) is 4.88 Å². The highest BCUT2D eigenvalue weighted by molar-refractivity contribution is 7.13. The second-order valence-electron chi connectivity index (χ2n) is 6.65. The number of amides is 1. The Morgan fingerprint density at radius 3 is 2.67 bits per heavy atom. The predicted molar refractivity (Wildman–Crippen MR) is 98.1 cm³/mol. The third-order valence-corrected chi connectivity index (χ3v) is 5.19. The van der Waals surface area contributed by atoms with Crippen molar-refractivity contribution >= 4 is 23.1 Å². The molecule has 6 heteroatoms. The van der Waals surface area contributed by atoms with Crippen LogP contribution in [-0.4, -0.2) is 35.7 Å². The minimum Gasteiger partial charge on any atom is -0.356 e. The lowest BCUT2D eigenvalue weighted by molar-refractivity contribution is -0.125. The zero-order valence-corrected chi connectivity index (χ0v) is 15.1. The van der Waals surface area contributed by atoms with Gasteiger partial charge in [0.15, 0.2) is 5.82 Å². The van der Waals surface area contributed by atoms with Gasteiger partial charge in [-0.05, 0) is 42.3 Å². The normalized spacial score (nSPS) is 15.7. The van der Waals surface area contributed by atoms with E-state index in [1.807, 2.05) is 23.6 Å². The van der Waals surface area contributed by atoms with Gasteiger partial charge < -0.3 is 10.2 Å². The van der Waals surface area contributed by atoms with Gasteiger partial charge >= 0.3 is 0 Å². The molecule has 1 aliphatic heterocycles. The number of nitrogens with one attached hydrogen (secondary N) is 1. The van der Waals surface area contributed by atoms with E-state index in [1.54, 1.807) is 11.3 Å². The monoisotopic (exact) mass is 344 g/mol. The van der Waals surface area contributed by atoms with Gasteiger partial charge in [0.2, 0.25) is 5.91 Å². The average Bonchev–Trinajstić information content (AvgIpc) is 3.14.